The Kier molecular flexibility index (Phi) is 6.11. The molecule has 22 heavy (non-hydrogen) atoms. The molecule has 1 aromatic rings. The second-order valence-electron chi connectivity index (χ2n) is 6.29. The van der Waals surface area contributed by atoms with Crippen LogP contribution in [0.5, 0.6) is 0 Å². The molecule has 0 atom stereocenters. The van der Waals surface area contributed by atoms with Crippen LogP contribution >= 0.6 is 0 Å². The van der Waals surface area contributed by atoms with Gasteiger partial charge in [0.2, 0.25) is 0 Å². The first-order chi connectivity index (χ1) is 10.1. The number of pyridine rings is 1. The first kappa shape index (κ1) is 18.6. The summed E-state index contributed by atoms with van der Waals surface area (Å²) in [5.41, 5.74) is -0.848. The van der Waals surface area contributed by atoms with E-state index in [4.69, 9.17) is 9.39 Å². The first-order valence-corrected chi connectivity index (χ1v) is 7.22. The van der Waals surface area contributed by atoms with E-state index in [9.17, 15) is 9.90 Å². The summed E-state index contributed by atoms with van der Waals surface area (Å²) in [5.74, 6) is 0.175. The molecule has 7 heteroatoms. The summed E-state index contributed by atoms with van der Waals surface area (Å²) >= 11 is 0. The molecule has 0 saturated heterocycles. The van der Waals surface area contributed by atoms with Gasteiger partial charge in [0, 0.05) is 13.3 Å². The average molecular weight is 308 g/mol. The lowest BCUT2D eigenvalue weighted by Crippen LogP contribution is -2.52. The molecule has 0 bridgehead atoms. The molecule has 2 N–H and O–H groups in total. The van der Waals surface area contributed by atoms with Crippen LogP contribution in [0.2, 0.25) is 6.82 Å². The Balaban J connectivity index is 2.82. The predicted octanol–water partition coefficient (Wildman–Crippen LogP) is 1.06. The summed E-state index contributed by atoms with van der Waals surface area (Å²) in [4.78, 5) is 15.6. The lowest BCUT2D eigenvalue weighted by atomic mass is 9.62. The molecule has 0 aliphatic rings. The van der Waals surface area contributed by atoms with Gasteiger partial charge >= 0.3 is 6.92 Å². The van der Waals surface area contributed by atoms with Gasteiger partial charge in [0.15, 0.2) is 0 Å². The van der Waals surface area contributed by atoms with Gasteiger partial charge in [0.1, 0.15) is 12.4 Å². The van der Waals surface area contributed by atoms with Crippen molar-refractivity contribution < 1.29 is 19.3 Å². The number of anilines is 1. The van der Waals surface area contributed by atoms with E-state index in [2.05, 4.69) is 10.3 Å². The highest BCUT2D eigenvalue weighted by molar-refractivity contribution is 6.66. The lowest BCUT2D eigenvalue weighted by Gasteiger charge is -2.39. The van der Waals surface area contributed by atoms with Gasteiger partial charge < -0.3 is 19.8 Å². The highest BCUT2D eigenvalue weighted by atomic mass is 16.5. The Morgan fingerprint density at radius 1 is 1.41 bits per heavy atom. The van der Waals surface area contributed by atoms with Gasteiger partial charge in [-0.15, -0.1) is 0 Å². The van der Waals surface area contributed by atoms with Gasteiger partial charge in [0.05, 0.1) is 11.2 Å². The fraction of sp³-hybridized carbons (Fsp3) is 0.600. The van der Waals surface area contributed by atoms with Gasteiger partial charge in [-0.05, 0) is 45.3 Å². The Bertz CT molecular complexity index is 515. The summed E-state index contributed by atoms with van der Waals surface area (Å²) in [6, 6.07) is 3.57. The topological polar surface area (TPSA) is 80.7 Å². The monoisotopic (exact) mass is 308 g/mol. The van der Waals surface area contributed by atoms with Crippen molar-refractivity contribution >= 4 is 24.1 Å². The number of aromatic nitrogens is 1. The molecule has 0 saturated carbocycles. The minimum Gasteiger partial charge on any atom is -0.423 e. The molecule has 6 nitrogen and oxygen atoms in total. The van der Waals surface area contributed by atoms with Crippen LogP contribution in [0.4, 0.5) is 5.82 Å². The highest BCUT2D eigenvalue weighted by Crippen LogP contribution is 2.25. The number of hydrogen-bond acceptors (Lipinski definition) is 5. The molecule has 0 unspecified atom stereocenters. The smallest absolute Gasteiger partial charge is 0.324 e. The van der Waals surface area contributed by atoms with Gasteiger partial charge in [0.25, 0.3) is 5.91 Å². The molecule has 0 fully saturated rings. The molecule has 0 radical (unpaired) electrons. The summed E-state index contributed by atoms with van der Waals surface area (Å²) in [5, 5.41) is 12.8. The minimum atomic E-state index is -0.982. The van der Waals surface area contributed by atoms with E-state index in [1.807, 2.05) is 26.7 Å². The normalized spacial score (nSPS) is 12.1. The van der Waals surface area contributed by atoms with Crippen molar-refractivity contribution in [2.45, 2.75) is 45.7 Å². The molecule has 0 aliphatic heterocycles. The lowest BCUT2D eigenvalue weighted by molar-refractivity contribution is -0.119. The fourth-order valence-electron chi connectivity index (χ4n) is 1.73. The van der Waals surface area contributed by atoms with Crippen LogP contribution in [0.3, 0.4) is 0 Å². The van der Waals surface area contributed by atoms with Crippen molar-refractivity contribution in [3.8, 4) is 0 Å². The molecule has 1 aromatic heterocycles. The quantitative estimate of drug-likeness (QED) is 0.736. The SMILES string of the molecule is COCC(=O)Nc1cc(B(C)OC(C)(C)C(C)(C)O)ccn1. The second-order valence-corrected chi connectivity index (χ2v) is 6.29. The Labute approximate surface area is 132 Å². The Morgan fingerprint density at radius 3 is 2.59 bits per heavy atom. The van der Waals surface area contributed by atoms with E-state index < -0.39 is 11.2 Å². The molecule has 0 spiro atoms. The van der Waals surface area contributed by atoms with Gasteiger partial charge in [-0.2, -0.15) is 0 Å². The van der Waals surface area contributed by atoms with Crippen LogP contribution in [-0.2, 0) is 14.2 Å². The summed E-state index contributed by atoms with van der Waals surface area (Å²) in [7, 11) is 1.46. The van der Waals surface area contributed by atoms with E-state index in [1.165, 1.54) is 7.11 Å². The third-order valence-electron chi connectivity index (χ3n) is 3.74. The minimum absolute atomic E-state index is 0.0241. The number of aliphatic hydroxyl groups is 1. The Hall–Kier alpha value is -1.44. The van der Waals surface area contributed by atoms with Crippen molar-refractivity contribution in [2.75, 3.05) is 19.0 Å². The van der Waals surface area contributed by atoms with Crippen molar-refractivity contribution in [2.24, 2.45) is 0 Å². The zero-order chi connectivity index (χ0) is 17.0. The molecule has 1 amide bonds. The number of nitrogens with zero attached hydrogens (tertiary/aromatic N) is 1. The van der Waals surface area contributed by atoms with Crippen LogP contribution in [0.1, 0.15) is 27.7 Å². The van der Waals surface area contributed by atoms with Gasteiger partial charge in [-0.3, -0.25) is 4.79 Å². The zero-order valence-electron chi connectivity index (χ0n) is 14.1. The number of ether oxygens (including phenoxy) is 1. The number of hydrogen-bond donors (Lipinski definition) is 2. The van der Waals surface area contributed by atoms with E-state index in [1.54, 1.807) is 26.1 Å². The van der Waals surface area contributed by atoms with E-state index in [-0.39, 0.29) is 19.4 Å². The maximum Gasteiger partial charge on any atom is 0.324 e. The molecule has 1 heterocycles. The standard InChI is InChI=1S/C15H25BN2O4/c1-14(2,20)15(3,4)22-16(5)11-7-8-17-12(9-11)18-13(19)10-21-6/h7-9,20H,10H2,1-6H3,(H,17,18,19). The molecular weight excluding hydrogens is 283 g/mol. The number of methoxy groups -OCH3 is 1. The van der Waals surface area contributed by atoms with E-state index in [0.29, 0.717) is 5.82 Å². The predicted molar refractivity (Wildman–Crippen MR) is 87.5 cm³/mol. The highest BCUT2D eigenvalue weighted by Gasteiger charge is 2.38. The van der Waals surface area contributed by atoms with Crippen LogP contribution in [0, 0.1) is 0 Å². The number of carbonyl (C=O) groups excluding carboxylic acids is 1. The van der Waals surface area contributed by atoms with Crippen molar-refractivity contribution in [3.05, 3.63) is 18.3 Å². The van der Waals surface area contributed by atoms with Crippen LogP contribution in [0.15, 0.2) is 18.3 Å². The first-order valence-electron chi connectivity index (χ1n) is 7.22. The molecule has 0 aliphatic carbocycles. The van der Waals surface area contributed by atoms with Crippen LogP contribution < -0.4 is 10.8 Å². The summed E-state index contributed by atoms with van der Waals surface area (Å²) in [6.07, 6.45) is 1.61. The maximum absolute atomic E-state index is 11.5. The van der Waals surface area contributed by atoms with Crippen molar-refractivity contribution in [1.29, 1.82) is 0 Å². The average Bonchev–Trinajstić information content (AvgIpc) is 2.37. The van der Waals surface area contributed by atoms with Crippen LogP contribution in [-0.4, -0.2) is 47.8 Å². The van der Waals surface area contributed by atoms with Gasteiger partial charge in [-0.1, -0.05) is 6.82 Å². The number of carbonyl (C=O) groups is 1. The van der Waals surface area contributed by atoms with Gasteiger partial charge in [-0.25, -0.2) is 4.98 Å². The summed E-state index contributed by atoms with van der Waals surface area (Å²) in [6.45, 7) is 8.71. The summed E-state index contributed by atoms with van der Waals surface area (Å²) < 4.78 is 10.7. The number of nitrogens with one attached hydrogen (secondary N) is 1. The van der Waals surface area contributed by atoms with Crippen molar-refractivity contribution in [3.63, 3.8) is 0 Å². The van der Waals surface area contributed by atoms with E-state index in [0.717, 1.165) is 5.46 Å². The maximum atomic E-state index is 11.5. The third-order valence-corrected chi connectivity index (χ3v) is 3.74. The van der Waals surface area contributed by atoms with Crippen molar-refractivity contribution in [1.82, 2.24) is 4.98 Å². The molecular formula is C15H25BN2O4. The third kappa shape index (κ3) is 5.08. The number of amides is 1. The fourth-order valence-corrected chi connectivity index (χ4v) is 1.73. The number of rotatable bonds is 7. The van der Waals surface area contributed by atoms with E-state index >= 15 is 0 Å². The molecule has 1 rings (SSSR count). The second kappa shape index (κ2) is 7.22. The molecule has 0 aromatic carbocycles. The zero-order valence-corrected chi connectivity index (χ0v) is 14.1. The van der Waals surface area contributed by atoms with Crippen LogP contribution in [0.25, 0.3) is 0 Å². The Morgan fingerprint density at radius 2 is 2.05 bits per heavy atom. The molecule has 122 valence electrons. The largest absolute Gasteiger partial charge is 0.423 e.